The molecule has 118 valence electrons. The fourth-order valence-corrected chi connectivity index (χ4v) is 4.47. The van der Waals surface area contributed by atoms with Crippen LogP contribution >= 0.6 is 0 Å². The van der Waals surface area contributed by atoms with Gasteiger partial charge in [-0.1, -0.05) is 27.2 Å². The van der Waals surface area contributed by atoms with Crippen LogP contribution < -0.4 is 4.72 Å². The van der Waals surface area contributed by atoms with Crippen LogP contribution in [-0.2, 0) is 10.0 Å². The summed E-state index contributed by atoms with van der Waals surface area (Å²) in [6.07, 6.45) is 4.19. The molecule has 6 heteroatoms. The van der Waals surface area contributed by atoms with E-state index in [1.165, 1.54) is 12.3 Å². The lowest BCUT2D eigenvalue weighted by Crippen LogP contribution is -2.45. The number of aromatic nitrogens is 1. The Bertz CT molecular complexity index is 589. The minimum Gasteiger partial charge on any atom is -0.241 e. The van der Waals surface area contributed by atoms with E-state index in [9.17, 15) is 12.8 Å². The summed E-state index contributed by atoms with van der Waals surface area (Å²) < 4.78 is 41.1. The summed E-state index contributed by atoms with van der Waals surface area (Å²) in [5, 5.41) is -0.509. The van der Waals surface area contributed by atoms with Crippen LogP contribution in [0.3, 0.4) is 0 Å². The number of sulfonamides is 1. The molecule has 3 unspecified atom stereocenters. The lowest BCUT2D eigenvalue weighted by molar-refractivity contribution is 0.187. The topological polar surface area (TPSA) is 59.1 Å². The second kappa shape index (κ2) is 6.40. The first-order valence-corrected chi connectivity index (χ1v) is 8.92. The maximum Gasteiger partial charge on any atom is 0.261 e. The Hall–Kier alpha value is -1.01. The summed E-state index contributed by atoms with van der Waals surface area (Å²) in [7, 11) is -3.92. The van der Waals surface area contributed by atoms with Crippen LogP contribution in [0.2, 0.25) is 0 Å². The van der Waals surface area contributed by atoms with Gasteiger partial charge in [0.1, 0.15) is 0 Å². The molecule has 0 radical (unpaired) electrons. The molecule has 1 aliphatic rings. The Labute approximate surface area is 126 Å². The summed E-state index contributed by atoms with van der Waals surface area (Å²) in [4.78, 5) is 3.68. The summed E-state index contributed by atoms with van der Waals surface area (Å²) in [5.41, 5.74) is 0. The Morgan fingerprint density at radius 3 is 2.71 bits per heavy atom. The maximum atomic E-state index is 13.7. The zero-order valence-corrected chi connectivity index (χ0v) is 13.5. The van der Waals surface area contributed by atoms with E-state index < -0.39 is 20.9 Å². The SMILES string of the molecule is CC1CCC(C(C)C)C(NS(=O)(=O)c2ncccc2F)C1. The standard InChI is InChI=1S/C15H23FN2O2S/c1-10(2)12-7-6-11(3)9-14(12)18-21(19,20)15-13(16)5-4-8-17-15/h4-5,8,10-12,14,18H,6-7,9H2,1-3H3. The van der Waals surface area contributed by atoms with Gasteiger partial charge >= 0.3 is 0 Å². The average Bonchev–Trinajstić information content (AvgIpc) is 2.38. The Morgan fingerprint density at radius 2 is 2.10 bits per heavy atom. The molecule has 1 fully saturated rings. The van der Waals surface area contributed by atoms with E-state index in [0.29, 0.717) is 11.8 Å². The maximum absolute atomic E-state index is 13.7. The first-order chi connectivity index (χ1) is 9.81. The average molecular weight is 314 g/mol. The smallest absolute Gasteiger partial charge is 0.241 e. The van der Waals surface area contributed by atoms with Gasteiger partial charge in [0.25, 0.3) is 10.0 Å². The van der Waals surface area contributed by atoms with Crippen LogP contribution in [0.25, 0.3) is 0 Å². The van der Waals surface area contributed by atoms with E-state index >= 15 is 0 Å². The fourth-order valence-electron chi connectivity index (χ4n) is 3.16. The summed E-state index contributed by atoms with van der Waals surface area (Å²) in [5.74, 6) is 0.331. The molecule has 1 heterocycles. The van der Waals surface area contributed by atoms with E-state index in [-0.39, 0.29) is 12.0 Å². The van der Waals surface area contributed by atoms with E-state index in [1.807, 2.05) is 0 Å². The largest absolute Gasteiger partial charge is 0.261 e. The highest BCUT2D eigenvalue weighted by molar-refractivity contribution is 7.89. The monoisotopic (exact) mass is 314 g/mol. The first-order valence-electron chi connectivity index (χ1n) is 7.44. The fraction of sp³-hybridized carbons (Fsp3) is 0.667. The second-order valence-corrected chi connectivity index (χ2v) is 7.97. The van der Waals surface area contributed by atoms with Gasteiger partial charge in [-0.3, -0.25) is 0 Å². The number of hydrogen-bond acceptors (Lipinski definition) is 3. The number of rotatable bonds is 4. The van der Waals surface area contributed by atoms with Gasteiger partial charge in [-0.15, -0.1) is 0 Å². The Morgan fingerprint density at radius 1 is 1.38 bits per heavy atom. The molecule has 1 aromatic heterocycles. The molecule has 1 aliphatic carbocycles. The molecule has 0 aromatic carbocycles. The van der Waals surface area contributed by atoms with Crippen LogP contribution in [0.5, 0.6) is 0 Å². The number of halogens is 1. The molecule has 4 nitrogen and oxygen atoms in total. The molecule has 0 amide bonds. The Kier molecular flexibility index (Phi) is 4.99. The lowest BCUT2D eigenvalue weighted by Gasteiger charge is -2.37. The summed E-state index contributed by atoms with van der Waals surface area (Å²) >= 11 is 0. The molecule has 3 atom stereocenters. The molecule has 21 heavy (non-hydrogen) atoms. The van der Waals surface area contributed by atoms with Crippen LogP contribution in [0, 0.1) is 23.6 Å². The highest BCUT2D eigenvalue weighted by Crippen LogP contribution is 2.34. The number of nitrogens with one attached hydrogen (secondary N) is 1. The van der Waals surface area contributed by atoms with Gasteiger partial charge in [0.05, 0.1) is 0 Å². The molecule has 0 aliphatic heterocycles. The van der Waals surface area contributed by atoms with Crippen molar-refractivity contribution in [2.45, 2.75) is 51.1 Å². The van der Waals surface area contributed by atoms with Crippen LogP contribution in [0.4, 0.5) is 4.39 Å². The van der Waals surface area contributed by atoms with Crippen LogP contribution in [-0.4, -0.2) is 19.4 Å². The van der Waals surface area contributed by atoms with Gasteiger partial charge in [-0.05, 0) is 42.7 Å². The van der Waals surface area contributed by atoms with Crippen molar-refractivity contribution in [1.82, 2.24) is 9.71 Å². The van der Waals surface area contributed by atoms with Crippen molar-refractivity contribution in [1.29, 1.82) is 0 Å². The number of pyridine rings is 1. The van der Waals surface area contributed by atoms with Crippen molar-refractivity contribution in [3.05, 3.63) is 24.1 Å². The van der Waals surface area contributed by atoms with Gasteiger partial charge < -0.3 is 0 Å². The minimum absolute atomic E-state index is 0.153. The van der Waals surface area contributed by atoms with Gasteiger partial charge in [-0.2, -0.15) is 0 Å². The van der Waals surface area contributed by atoms with Crippen molar-refractivity contribution in [3.63, 3.8) is 0 Å². The summed E-state index contributed by atoms with van der Waals surface area (Å²) in [6.45, 7) is 6.33. The highest BCUT2D eigenvalue weighted by Gasteiger charge is 2.34. The summed E-state index contributed by atoms with van der Waals surface area (Å²) in [6, 6.07) is 2.35. The van der Waals surface area contributed by atoms with Crippen molar-refractivity contribution >= 4 is 10.0 Å². The molecular weight excluding hydrogens is 291 g/mol. The third-order valence-corrected chi connectivity index (χ3v) is 5.73. The van der Waals surface area contributed by atoms with Gasteiger partial charge in [0.2, 0.25) is 5.03 Å². The predicted molar refractivity (Wildman–Crippen MR) is 79.6 cm³/mol. The molecule has 0 spiro atoms. The predicted octanol–water partition coefficient (Wildman–Crippen LogP) is 2.96. The first kappa shape index (κ1) is 16.4. The van der Waals surface area contributed by atoms with Crippen molar-refractivity contribution in [2.24, 2.45) is 17.8 Å². The van der Waals surface area contributed by atoms with Crippen molar-refractivity contribution < 1.29 is 12.8 Å². The zero-order chi connectivity index (χ0) is 15.6. The molecule has 1 N–H and O–H groups in total. The van der Waals surface area contributed by atoms with Gasteiger partial charge in [-0.25, -0.2) is 22.5 Å². The molecule has 2 rings (SSSR count). The molecule has 0 saturated heterocycles. The number of hydrogen-bond donors (Lipinski definition) is 1. The molecule has 1 saturated carbocycles. The number of nitrogens with zero attached hydrogens (tertiary/aromatic N) is 1. The second-order valence-electron chi connectivity index (χ2n) is 6.34. The molecular formula is C15H23FN2O2S. The van der Waals surface area contributed by atoms with Gasteiger partial charge in [0, 0.05) is 12.2 Å². The highest BCUT2D eigenvalue weighted by atomic mass is 32.2. The van der Waals surface area contributed by atoms with E-state index in [1.54, 1.807) is 0 Å². The lowest BCUT2D eigenvalue weighted by atomic mass is 9.74. The zero-order valence-electron chi connectivity index (χ0n) is 12.7. The third-order valence-electron chi connectivity index (χ3n) is 4.31. The molecule has 1 aromatic rings. The van der Waals surface area contributed by atoms with Crippen LogP contribution in [0.1, 0.15) is 40.0 Å². The van der Waals surface area contributed by atoms with E-state index in [2.05, 4.69) is 30.5 Å². The normalized spacial score (nSPS) is 27.0. The van der Waals surface area contributed by atoms with Crippen molar-refractivity contribution in [3.8, 4) is 0 Å². The minimum atomic E-state index is -3.92. The van der Waals surface area contributed by atoms with Gasteiger partial charge in [0.15, 0.2) is 5.82 Å². The van der Waals surface area contributed by atoms with Crippen molar-refractivity contribution in [2.75, 3.05) is 0 Å². The quantitative estimate of drug-likeness (QED) is 0.929. The van der Waals surface area contributed by atoms with Crippen LogP contribution in [0.15, 0.2) is 23.4 Å². The third kappa shape index (κ3) is 3.80. The van der Waals surface area contributed by atoms with E-state index in [0.717, 1.165) is 25.3 Å². The molecule has 0 bridgehead atoms. The Balaban J connectivity index is 2.23. The van der Waals surface area contributed by atoms with E-state index in [4.69, 9.17) is 0 Å².